The molecule has 1 aliphatic heterocycles. The standard InChI is InChI=1S/C11H18N4O/c1-8-4-12-5-9(2)15(8)11(16)10-6-14(3)7-13-10/h6-9,12H,4-5H2,1-3H3. The van der Waals surface area contributed by atoms with Gasteiger partial charge in [0.1, 0.15) is 5.69 Å². The molecule has 1 amide bonds. The van der Waals surface area contributed by atoms with E-state index in [0.29, 0.717) is 5.69 Å². The molecule has 1 aromatic rings. The Morgan fingerprint density at radius 3 is 2.56 bits per heavy atom. The number of aromatic nitrogens is 2. The van der Waals surface area contributed by atoms with Gasteiger partial charge in [-0.05, 0) is 13.8 Å². The van der Waals surface area contributed by atoms with E-state index in [1.54, 1.807) is 17.1 Å². The lowest BCUT2D eigenvalue weighted by molar-refractivity contribution is 0.0539. The third kappa shape index (κ3) is 1.95. The number of carbonyl (C=O) groups is 1. The summed E-state index contributed by atoms with van der Waals surface area (Å²) in [6.45, 7) is 5.82. The van der Waals surface area contributed by atoms with Gasteiger partial charge in [-0.2, -0.15) is 0 Å². The maximum Gasteiger partial charge on any atom is 0.274 e. The molecule has 16 heavy (non-hydrogen) atoms. The number of imidazole rings is 1. The van der Waals surface area contributed by atoms with Crippen LogP contribution < -0.4 is 5.32 Å². The van der Waals surface area contributed by atoms with Crippen LogP contribution in [0.1, 0.15) is 24.3 Å². The molecule has 2 rings (SSSR count). The fourth-order valence-corrected chi connectivity index (χ4v) is 2.19. The highest BCUT2D eigenvalue weighted by molar-refractivity contribution is 5.92. The minimum absolute atomic E-state index is 0.0297. The highest BCUT2D eigenvalue weighted by atomic mass is 16.2. The summed E-state index contributed by atoms with van der Waals surface area (Å²) in [5.74, 6) is 0.0297. The van der Waals surface area contributed by atoms with Crippen molar-refractivity contribution in [2.45, 2.75) is 25.9 Å². The van der Waals surface area contributed by atoms with Crippen LogP contribution in [-0.4, -0.2) is 45.5 Å². The van der Waals surface area contributed by atoms with Gasteiger partial charge < -0.3 is 14.8 Å². The maximum absolute atomic E-state index is 12.3. The number of aryl methyl sites for hydroxylation is 1. The molecule has 2 heterocycles. The van der Waals surface area contributed by atoms with Crippen LogP contribution in [0.4, 0.5) is 0 Å². The second-order valence-corrected chi connectivity index (χ2v) is 4.49. The van der Waals surface area contributed by atoms with E-state index in [1.165, 1.54) is 0 Å². The van der Waals surface area contributed by atoms with E-state index in [1.807, 2.05) is 11.9 Å². The molecule has 0 bridgehead atoms. The fourth-order valence-electron chi connectivity index (χ4n) is 2.19. The monoisotopic (exact) mass is 222 g/mol. The molecule has 5 heteroatoms. The molecule has 1 aliphatic rings. The van der Waals surface area contributed by atoms with Gasteiger partial charge in [0.2, 0.25) is 0 Å². The third-order valence-electron chi connectivity index (χ3n) is 2.99. The van der Waals surface area contributed by atoms with Crippen LogP contribution in [0, 0.1) is 0 Å². The van der Waals surface area contributed by atoms with Gasteiger partial charge >= 0.3 is 0 Å². The molecule has 88 valence electrons. The topological polar surface area (TPSA) is 50.2 Å². The predicted molar refractivity (Wildman–Crippen MR) is 61.2 cm³/mol. The minimum Gasteiger partial charge on any atom is -0.340 e. The van der Waals surface area contributed by atoms with Gasteiger partial charge in [0.05, 0.1) is 6.33 Å². The molecule has 0 saturated carbocycles. The number of carbonyl (C=O) groups excluding carboxylic acids is 1. The summed E-state index contributed by atoms with van der Waals surface area (Å²) in [5.41, 5.74) is 0.531. The number of piperazine rings is 1. The molecule has 0 spiro atoms. The van der Waals surface area contributed by atoms with Crippen molar-refractivity contribution in [3.63, 3.8) is 0 Å². The fraction of sp³-hybridized carbons (Fsp3) is 0.636. The normalized spacial score (nSPS) is 25.8. The van der Waals surface area contributed by atoms with E-state index >= 15 is 0 Å². The number of hydrogen-bond acceptors (Lipinski definition) is 3. The van der Waals surface area contributed by atoms with Gasteiger partial charge in [-0.15, -0.1) is 0 Å². The van der Waals surface area contributed by atoms with Gasteiger partial charge in [-0.25, -0.2) is 4.98 Å². The average Bonchev–Trinajstić information content (AvgIpc) is 2.64. The molecule has 1 aromatic heterocycles. The van der Waals surface area contributed by atoms with Crippen molar-refractivity contribution in [3.05, 3.63) is 18.2 Å². The van der Waals surface area contributed by atoms with Crippen molar-refractivity contribution in [2.24, 2.45) is 7.05 Å². The van der Waals surface area contributed by atoms with Gasteiger partial charge in [-0.3, -0.25) is 4.79 Å². The van der Waals surface area contributed by atoms with E-state index in [2.05, 4.69) is 24.1 Å². The van der Waals surface area contributed by atoms with Crippen LogP contribution in [-0.2, 0) is 7.05 Å². The van der Waals surface area contributed by atoms with Crippen LogP contribution in [0.5, 0.6) is 0 Å². The Hall–Kier alpha value is -1.36. The van der Waals surface area contributed by atoms with Crippen LogP contribution in [0.3, 0.4) is 0 Å². The predicted octanol–water partition coefficient (Wildman–Crippen LogP) is 0.242. The molecule has 0 radical (unpaired) electrons. The van der Waals surface area contributed by atoms with Crippen molar-refractivity contribution >= 4 is 5.91 Å². The zero-order chi connectivity index (χ0) is 11.7. The van der Waals surface area contributed by atoms with Crippen LogP contribution >= 0.6 is 0 Å². The first-order valence-corrected chi connectivity index (χ1v) is 5.61. The number of rotatable bonds is 1. The Morgan fingerprint density at radius 2 is 2.06 bits per heavy atom. The van der Waals surface area contributed by atoms with Crippen molar-refractivity contribution in [2.75, 3.05) is 13.1 Å². The van der Waals surface area contributed by atoms with Gasteiger partial charge in [0.25, 0.3) is 5.91 Å². The quantitative estimate of drug-likeness (QED) is 0.740. The van der Waals surface area contributed by atoms with E-state index in [-0.39, 0.29) is 18.0 Å². The highest BCUT2D eigenvalue weighted by Gasteiger charge is 2.30. The summed E-state index contributed by atoms with van der Waals surface area (Å²) in [7, 11) is 1.87. The average molecular weight is 222 g/mol. The first kappa shape index (κ1) is 11.1. The van der Waals surface area contributed by atoms with Gasteiger partial charge in [0, 0.05) is 38.4 Å². The number of hydrogen-bond donors (Lipinski definition) is 1. The number of nitrogens with zero attached hydrogens (tertiary/aromatic N) is 3. The number of nitrogens with one attached hydrogen (secondary N) is 1. The largest absolute Gasteiger partial charge is 0.340 e. The van der Waals surface area contributed by atoms with Gasteiger partial charge in [-0.1, -0.05) is 0 Å². The summed E-state index contributed by atoms with van der Waals surface area (Å²) in [5, 5.41) is 3.31. The SMILES string of the molecule is CC1CNCC(C)N1C(=O)c1cn(C)cn1. The van der Waals surface area contributed by atoms with E-state index in [0.717, 1.165) is 13.1 Å². The van der Waals surface area contributed by atoms with Gasteiger partial charge in [0.15, 0.2) is 0 Å². The second-order valence-electron chi connectivity index (χ2n) is 4.49. The van der Waals surface area contributed by atoms with Crippen molar-refractivity contribution < 1.29 is 4.79 Å². The summed E-state index contributed by atoms with van der Waals surface area (Å²) in [4.78, 5) is 18.3. The molecule has 5 nitrogen and oxygen atoms in total. The lowest BCUT2D eigenvalue weighted by Gasteiger charge is -2.39. The van der Waals surface area contributed by atoms with Crippen molar-refractivity contribution in [1.82, 2.24) is 19.8 Å². The van der Waals surface area contributed by atoms with Crippen LogP contribution in [0.15, 0.2) is 12.5 Å². The van der Waals surface area contributed by atoms with E-state index < -0.39 is 0 Å². The molecule has 2 atom stereocenters. The first-order valence-electron chi connectivity index (χ1n) is 5.61. The Bertz CT molecular complexity index is 377. The molecule has 0 aliphatic carbocycles. The third-order valence-corrected chi connectivity index (χ3v) is 2.99. The highest BCUT2D eigenvalue weighted by Crippen LogP contribution is 2.13. The lowest BCUT2D eigenvalue weighted by Crippen LogP contribution is -2.57. The molecule has 1 N–H and O–H groups in total. The Morgan fingerprint density at radius 1 is 1.44 bits per heavy atom. The molecular formula is C11H18N4O. The Labute approximate surface area is 95.5 Å². The molecule has 1 fully saturated rings. The molecule has 1 saturated heterocycles. The summed E-state index contributed by atoms with van der Waals surface area (Å²) < 4.78 is 1.80. The van der Waals surface area contributed by atoms with Crippen molar-refractivity contribution in [1.29, 1.82) is 0 Å². The Balaban J connectivity index is 2.19. The zero-order valence-corrected chi connectivity index (χ0v) is 9.97. The minimum atomic E-state index is 0.0297. The molecular weight excluding hydrogens is 204 g/mol. The second kappa shape index (κ2) is 4.25. The van der Waals surface area contributed by atoms with Crippen molar-refractivity contribution in [3.8, 4) is 0 Å². The maximum atomic E-state index is 12.3. The number of amides is 1. The van der Waals surface area contributed by atoms with E-state index in [4.69, 9.17) is 0 Å². The molecule has 2 unspecified atom stereocenters. The van der Waals surface area contributed by atoms with Crippen LogP contribution in [0.25, 0.3) is 0 Å². The zero-order valence-electron chi connectivity index (χ0n) is 9.97. The van der Waals surface area contributed by atoms with Crippen LogP contribution in [0.2, 0.25) is 0 Å². The van der Waals surface area contributed by atoms with E-state index in [9.17, 15) is 4.79 Å². The smallest absolute Gasteiger partial charge is 0.274 e. The lowest BCUT2D eigenvalue weighted by atomic mass is 10.1. The summed E-state index contributed by atoms with van der Waals surface area (Å²) in [6.07, 6.45) is 3.43. The summed E-state index contributed by atoms with van der Waals surface area (Å²) in [6, 6.07) is 0.441. The first-order chi connectivity index (χ1) is 7.59. The molecule has 0 aromatic carbocycles. The Kier molecular flexibility index (Phi) is 2.96. The summed E-state index contributed by atoms with van der Waals surface area (Å²) >= 11 is 0.